The first-order valence-electron chi connectivity index (χ1n) is 3.36. The third kappa shape index (κ3) is 2.90. The van der Waals surface area contributed by atoms with Crippen LogP contribution in [0.3, 0.4) is 0 Å². The Labute approximate surface area is 75.8 Å². The standard InChI is InChI=1S/C7H14NO.Sn.H/c1-7(2,3)5-6(9)8-4;;/h5H,1-4H3,(H,8,9);;. The molecule has 0 bridgehead atoms. The van der Waals surface area contributed by atoms with Crippen LogP contribution in [0.1, 0.15) is 20.8 Å². The normalized spacial score (nSPS) is 14.5. The molecule has 2 radical (unpaired) electrons. The Balaban J connectivity index is 4.08. The number of carbonyl (C=O) groups is 1. The summed E-state index contributed by atoms with van der Waals surface area (Å²) in [6, 6.07) is 0. The summed E-state index contributed by atoms with van der Waals surface area (Å²) in [7, 11) is 1.69. The van der Waals surface area contributed by atoms with Gasteiger partial charge in [-0.2, -0.15) is 0 Å². The molecule has 1 atom stereocenters. The fraction of sp³-hybridized carbons (Fsp3) is 0.857. The number of hydrogen-bond acceptors (Lipinski definition) is 1. The van der Waals surface area contributed by atoms with Crippen molar-refractivity contribution >= 4 is 28.4 Å². The van der Waals surface area contributed by atoms with Gasteiger partial charge < -0.3 is 0 Å². The van der Waals surface area contributed by atoms with E-state index in [1.54, 1.807) is 7.05 Å². The van der Waals surface area contributed by atoms with Crippen molar-refractivity contribution in [3.63, 3.8) is 0 Å². The van der Waals surface area contributed by atoms with Crippen molar-refractivity contribution in [2.24, 2.45) is 5.41 Å². The molecule has 0 aliphatic carbocycles. The Morgan fingerprint density at radius 2 is 1.90 bits per heavy atom. The van der Waals surface area contributed by atoms with Gasteiger partial charge in [-0.25, -0.2) is 0 Å². The maximum absolute atomic E-state index is 11.1. The summed E-state index contributed by atoms with van der Waals surface area (Å²) >= 11 is 0.994. The van der Waals surface area contributed by atoms with Gasteiger partial charge in [0.2, 0.25) is 0 Å². The van der Waals surface area contributed by atoms with E-state index in [0.717, 1.165) is 22.5 Å². The summed E-state index contributed by atoms with van der Waals surface area (Å²) < 4.78 is 0.211. The molecule has 0 aliphatic rings. The molecule has 0 aromatic heterocycles. The molecule has 0 fully saturated rings. The Bertz CT molecular complexity index is 128. The molecular formula is C7H15NOSn. The molecule has 0 saturated carbocycles. The van der Waals surface area contributed by atoms with Crippen LogP contribution in [-0.2, 0) is 4.79 Å². The van der Waals surface area contributed by atoms with Crippen LogP contribution in [0.5, 0.6) is 0 Å². The van der Waals surface area contributed by atoms with E-state index in [9.17, 15) is 4.79 Å². The van der Waals surface area contributed by atoms with E-state index in [1.165, 1.54) is 0 Å². The van der Waals surface area contributed by atoms with Crippen LogP contribution in [-0.4, -0.2) is 35.5 Å². The van der Waals surface area contributed by atoms with Gasteiger partial charge >= 0.3 is 75.7 Å². The Kier molecular flexibility index (Phi) is 3.70. The Morgan fingerprint density at radius 3 is 2.00 bits per heavy atom. The van der Waals surface area contributed by atoms with Crippen LogP contribution in [0.25, 0.3) is 0 Å². The summed E-state index contributed by atoms with van der Waals surface area (Å²) in [6.07, 6.45) is 0. The second-order valence-electron chi connectivity index (χ2n) is 3.46. The maximum atomic E-state index is 11.1. The van der Waals surface area contributed by atoms with Crippen LogP contribution in [0, 0.1) is 5.41 Å². The zero-order chi connectivity index (χ0) is 8.36. The molecular weight excluding hydrogens is 233 g/mol. The molecule has 0 aromatic rings. The van der Waals surface area contributed by atoms with E-state index >= 15 is 0 Å². The Morgan fingerprint density at radius 1 is 1.50 bits per heavy atom. The number of hydrogen-bond donors (Lipinski definition) is 1. The molecule has 2 nitrogen and oxygen atoms in total. The van der Waals surface area contributed by atoms with E-state index in [-0.39, 0.29) is 15.3 Å². The molecule has 1 unspecified atom stereocenters. The van der Waals surface area contributed by atoms with Crippen molar-refractivity contribution in [3.05, 3.63) is 0 Å². The minimum atomic E-state index is 0.127. The van der Waals surface area contributed by atoms with Gasteiger partial charge in [0.25, 0.3) is 0 Å². The zero-order valence-corrected chi connectivity index (χ0v) is 10.4. The fourth-order valence-electron chi connectivity index (χ4n) is 0.549. The van der Waals surface area contributed by atoms with E-state index in [2.05, 4.69) is 26.1 Å². The van der Waals surface area contributed by atoms with Crippen molar-refractivity contribution in [1.82, 2.24) is 5.32 Å². The third-order valence-corrected chi connectivity index (χ3v) is 5.18. The number of nitrogens with one attached hydrogen (secondary N) is 1. The van der Waals surface area contributed by atoms with Gasteiger partial charge in [-0.3, -0.25) is 0 Å². The van der Waals surface area contributed by atoms with Crippen LogP contribution in [0.15, 0.2) is 0 Å². The molecule has 58 valence electrons. The summed E-state index contributed by atoms with van der Waals surface area (Å²) in [5.74, 6) is 0.176. The summed E-state index contributed by atoms with van der Waals surface area (Å²) in [5.41, 5.74) is 0.127. The van der Waals surface area contributed by atoms with Gasteiger partial charge in [-0.1, -0.05) is 0 Å². The third-order valence-electron chi connectivity index (χ3n) is 1.46. The molecule has 0 heterocycles. The van der Waals surface area contributed by atoms with Gasteiger partial charge in [-0.05, 0) is 0 Å². The van der Waals surface area contributed by atoms with Gasteiger partial charge in [0.05, 0.1) is 0 Å². The molecule has 0 rings (SSSR count). The van der Waals surface area contributed by atoms with Crippen LogP contribution >= 0.6 is 0 Å². The summed E-state index contributed by atoms with van der Waals surface area (Å²) in [4.78, 5) is 11.1. The topological polar surface area (TPSA) is 29.1 Å². The molecule has 3 heteroatoms. The van der Waals surface area contributed by atoms with Gasteiger partial charge in [-0.15, -0.1) is 0 Å². The Hall–Kier alpha value is 0.269. The zero-order valence-electron chi connectivity index (χ0n) is 7.06. The SMILES string of the molecule is CNC(=O)[CH]([SnH])C(C)(C)C. The van der Waals surface area contributed by atoms with E-state index < -0.39 is 0 Å². The van der Waals surface area contributed by atoms with E-state index in [1.807, 2.05) is 0 Å². The predicted molar refractivity (Wildman–Crippen MR) is 44.4 cm³/mol. The average Bonchev–Trinajstić information content (AvgIpc) is 1.83. The summed E-state index contributed by atoms with van der Waals surface area (Å²) in [5, 5.41) is 2.66. The molecule has 1 amide bonds. The summed E-state index contributed by atoms with van der Waals surface area (Å²) in [6.45, 7) is 6.28. The van der Waals surface area contributed by atoms with E-state index in [0.29, 0.717) is 0 Å². The van der Waals surface area contributed by atoms with Crippen molar-refractivity contribution in [2.75, 3.05) is 7.05 Å². The first-order chi connectivity index (χ1) is 4.39. The predicted octanol–water partition coefficient (Wildman–Crippen LogP) is 0.468. The van der Waals surface area contributed by atoms with E-state index in [4.69, 9.17) is 0 Å². The number of rotatable bonds is 1. The van der Waals surface area contributed by atoms with Crippen LogP contribution < -0.4 is 5.32 Å². The van der Waals surface area contributed by atoms with Crippen LogP contribution in [0.4, 0.5) is 0 Å². The van der Waals surface area contributed by atoms with Gasteiger partial charge in [0.15, 0.2) is 0 Å². The fourth-order valence-corrected chi connectivity index (χ4v) is 1.02. The second-order valence-corrected chi connectivity index (χ2v) is 5.36. The average molecular weight is 248 g/mol. The molecule has 10 heavy (non-hydrogen) atoms. The van der Waals surface area contributed by atoms with Crippen molar-refractivity contribution in [1.29, 1.82) is 0 Å². The first-order valence-corrected chi connectivity index (χ1v) is 5.27. The van der Waals surface area contributed by atoms with Crippen molar-refractivity contribution in [3.8, 4) is 0 Å². The molecule has 0 aromatic carbocycles. The quantitative estimate of drug-likeness (QED) is 0.671. The first kappa shape index (κ1) is 10.3. The van der Waals surface area contributed by atoms with Crippen LogP contribution in [0.2, 0.25) is 3.93 Å². The molecule has 0 spiro atoms. The van der Waals surface area contributed by atoms with Gasteiger partial charge in [0, 0.05) is 0 Å². The van der Waals surface area contributed by atoms with Crippen molar-refractivity contribution in [2.45, 2.75) is 24.7 Å². The minimum absolute atomic E-state index is 0.127. The number of amides is 1. The molecule has 1 N–H and O–H groups in total. The monoisotopic (exact) mass is 249 g/mol. The molecule has 0 aliphatic heterocycles. The van der Waals surface area contributed by atoms with Gasteiger partial charge in [0.1, 0.15) is 0 Å². The second kappa shape index (κ2) is 3.60. The molecule has 0 saturated heterocycles. The van der Waals surface area contributed by atoms with Crippen molar-refractivity contribution < 1.29 is 4.79 Å². The number of carbonyl (C=O) groups excluding carboxylic acids is 1.